The number of rotatable bonds is 3. The normalized spacial score (nSPS) is 8.80. The first-order valence-electron chi connectivity index (χ1n) is 4.03. The molecule has 0 saturated heterocycles. The molecule has 0 N–H and O–H groups in total. The minimum absolute atomic E-state index is 1.18. The molecule has 0 heteroatoms. The van der Waals surface area contributed by atoms with Crippen molar-refractivity contribution < 1.29 is 0 Å². The van der Waals surface area contributed by atoms with Crippen LogP contribution in [0.3, 0.4) is 0 Å². The molecule has 0 aromatic rings. The molecule has 0 unspecified atom stereocenters. The summed E-state index contributed by atoms with van der Waals surface area (Å²) in [6, 6.07) is 0. The van der Waals surface area contributed by atoms with Gasteiger partial charge in [-0.3, -0.25) is 0 Å². The Morgan fingerprint density at radius 1 is 1.00 bits per heavy atom. The molecule has 0 saturated carbocycles. The van der Waals surface area contributed by atoms with E-state index in [9.17, 15) is 0 Å². The first-order valence-corrected chi connectivity index (χ1v) is 4.03. The Morgan fingerprint density at radius 3 is 1.80 bits per heavy atom. The zero-order chi connectivity index (χ0) is 7.98. The van der Waals surface area contributed by atoms with Crippen LogP contribution in [0.2, 0.25) is 0 Å². The molecule has 0 spiro atoms. The van der Waals surface area contributed by atoms with Crippen molar-refractivity contribution in [1.82, 2.24) is 0 Å². The summed E-state index contributed by atoms with van der Waals surface area (Å²) in [5.74, 6) is 0. The molecule has 0 aromatic heterocycles. The Hall–Kier alpha value is -0.520. The van der Waals surface area contributed by atoms with Crippen molar-refractivity contribution in [3.63, 3.8) is 0 Å². The molecule has 10 heavy (non-hydrogen) atoms. The molecule has 0 atom stereocenters. The van der Waals surface area contributed by atoms with Crippen LogP contribution < -0.4 is 0 Å². The van der Waals surface area contributed by atoms with E-state index >= 15 is 0 Å². The van der Waals surface area contributed by atoms with Gasteiger partial charge in [-0.1, -0.05) is 37.1 Å². The van der Waals surface area contributed by atoms with Crippen molar-refractivity contribution in [2.24, 2.45) is 0 Å². The van der Waals surface area contributed by atoms with Gasteiger partial charge in [0.25, 0.3) is 0 Å². The van der Waals surface area contributed by atoms with E-state index in [0.29, 0.717) is 0 Å². The maximum atomic E-state index is 2.23. The van der Waals surface area contributed by atoms with Crippen LogP contribution in [0.1, 0.15) is 40.5 Å². The van der Waals surface area contributed by atoms with Gasteiger partial charge in [-0.2, -0.15) is 0 Å². The monoisotopic (exact) mass is 138 g/mol. The van der Waals surface area contributed by atoms with Crippen LogP contribution in [0.15, 0.2) is 23.3 Å². The van der Waals surface area contributed by atoms with Crippen LogP contribution in [0.5, 0.6) is 0 Å². The first-order chi connectivity index (χ1) is 4.70. The highest BCUT2D eigenvalue weighted by Crippen LogP contribution is 2.05. The number of hydrogen-bond acceptors (Lipinski definition) is 0. The highest BCUT2D eigenvalue weighted by Gasteiger charge is 1.85. The Labute approximate surface area is 64.6 Å². The summed E-state index contributed by atoms with van der Waals surface area (Å²) in [5.41, 5.74) is 2.90. The van der Waals surface area contributed by atoms with E-state index in [-0.39, 0.29) is 0 Å². The summed E-state index contributed by atoms with van der Waals surface area (Å²) in [7, 11) is 0. The predicted octanol–water partition coefficient (Wildman–Crippen LogP) is 3.70. The highest BCUT2D eigenvalue weighted by atomic mass is 13.9. The fourth-order valence-corrected chi connectivity index (χ4v) is 0.770. The third kappa shape index (κ3) is 4.37. The van der Waals surface area contributed by atoms with E-state index in [1.165, 1.54) is 24.0 Å². The van der Waals surface area contributed by atoms with Crippen LogP contribution in [0, 0.1) is 0 Å². The molecule has 0 amide bonds. The van der Waals surface area contributed by atoms with Crippen LogP contribution >= 0.6 is 0 Å². The lowest BCUT2D eigenvalue weighted by Gasteiger charge is -1.95. The van der Waals surface area contributed by atoms with Crippen LogP contribution in [0.4, 0.5) is 0 Å². The maximum absolute atomic E-state index is 2.23. The standard InChI is InChI=1S/C10H18/c1-5-10(6-2)8-7-9(3)4/h7-8H,5-6H2,1-4H3. The molecule has 0 radical (unpaired) electrons. The summed E-state index contributed by atoms with van der Waals surface area (Å²) >= 11 is 0. The quantitative estimate of drug-likeness (QED) is 0.522. The van der Waals surface area contributed by atoms with E-state index < -0.39 is 0 Å². The van der Waals surface area contributed by atoms with Crippen molar-refractivity contribution in [3.8, 4) is 0 Å². The van der Waals surface area contributed by atoms with Gasteiger partial charge in [-0.05, 0) is 26.7 Å². The van der Waals surface area contributed by atoms with Gasteiger partial charge >= 0.3 is 0 Å². The summed E-state index contributed by atoms with van der Waals surface area (Å²) in [4.78, 5) is 0. The van der Waals surface area contributed by atoms with E-state index in [0.717, 1.165) is 0 Å². The molecule has 0 nitrogen and oxygen atoms in total. The predicted molar refractivity (Wildman–Crippen MR) is 48.1 cm³/mol. The third-order valence-electron chi connectivity index (χ3n) is 1.56. The van der Waals surface area contributed by atoms with E-state index in [4.69, 9.17) is 0 Å². The van der Waals surface area contributed by atoms with Crippen molar-refractivity contribution in [3.05, 3.63) is 23.3 Å². The summed E-state index contributed by atoms with van der Waals surface area (Å²) in [6.07, 6.45) is 6.78. The average Bonchev–Trinajstić information content (AvgIpc) is 1.90. The minimum Gasteiger partial charge on any atom is -0.0764 e. The minimum atomic E-state index is 1.18. The fraction of sp³-hybridized carbons (Fsp3) is 0.600. The molecular formula is C10H18. The second-order valence-electron chi connectivity index (χ2n) is 2.78. The number of allylic oxidation sites excluding steroid dienone is 4. The van der Waals surface area contributed by atoms with Gasteiger partial charge in [0.1, 0.15) is 0 Å². The molecule has 0 aliphatic rings. The Bertz CT molecular complexity index is 128. The lowest BCUT2D eigenvalue weighted by atomic mass is 10.1. The lowest BCUT2D eigenvalue weighted by molar-refractivity contribution is 0.977. The molecule has 0 aliphatic heterocycles. The van der Waals surface area contributed by atoms with Crippen molar-refractivity contribution >= 4 is 0 Å². The van der Waals surface area contributed by atoms with Crippen LogP contribution in [0.25, 0.3) is 0 Å². The molecule has 0 rings (SSSR count). The molecule has 0 aromatic carbocycles. The molecule has 58 valence electrons. The first kappa shape index (κ1) is 9.48. The number of hydrogen-bond donors (Lipinski definition) is 0. The SMILES string of the molecule is CCC(=CC=C(C)C)CC. The van der Waals surface area contributed by atoms with Gasteiger partial charge in [0, 0.05) is 0 Å². The zero-order valence-corrected chi connectivity index (χ0v) is 7.57. The van der Waals surface area contributed by atoms with Crippen LogP contribution in [-0.2, 0) is 0 Å². The van der Waals surface area contributed by atoms with E-state index in [2.05, 4.69) is 39.8 Å². The topological polar surface area (TPSA) is 0 Å². The Balaban J connectivity index is 3.99. The zero-order valence-electron chi connectivity index (χ0n) is 7.57. The molecule has 0 aliphatic carbocycles. The van der Waals surface area contributed by atoms with E-state index in [1.807, 2.05) is 0 Å². The van der Waals surface area contributed by atoms with Crippen molar-refractivity contribution in [1.29, 1.82) is 0 Å². The lowest BCUT2D eigenvalue weighted by Crippen LogP contribution is -1.75. The second kappa shape index (κ2) is 5.28. The van der Waals surface area contributed by atoms with Gasteiger partial charge in [0.05, 0.1) is 0 Å². The molecule has 0 heterocycles. The second-order valence-corrected chi connectivity index (χ2v) is 2.78. The third-order valence-corrected chi connectivity index (χ3v) is 1.56. The largest absolute Gasteiger partial charge is 0.0764 e. The molecular weight excluding hydrogens is 120 g/mol. The van der Waals surface area contributed by atoms with Gasteiger partial charge in [-0.25, -0.2) is 0 Å². The van der Waals surface area contributed by atoms with Gasteiger partial charge in [0.2, 0.25) is 0 Å². The summed E-state index contributed by atoms with van der Waals surface area (Å²) in [5, 5.41) is 0. The highest BCUT2D eigenvalue weighted by molar-refractivity contribution is 5.14. The van der Waals surface area contributed by atoms with Gasteiger partial charge < -0.3 is 0 Å². The van der Waals surface area contributed by atoms with Crippen molar-refractivity contribution in [2.75, 3.05) is 0 Å². The Morgan fingerprint density at radius 2 is 1.50 bits per heavy atom. The molecule has 0 bridgehead atoms. The molecule has 0 fully saturated rings. The van der Waals surface area contributed by atoms with Crippen molar-refractivity contribution in [2.45, 2.75) is 40.5 Å². The van der Waals surface area contributed by atoms with Gasteiger partial charge in [-0.15, -0.1) is 0 Å². The van der Waals surface area contributed by atoms with Gasteiger partial charge in [0.15, 0.2) is 0 Å². The Kier molecular flexibility index (Phi) is 5.00. The summed E-state index contributed by atoms with van der Waals surface area (Å²) in [6.45, 7) is 8.65. The smallest absolute Gasteiger partial charge is 0.0346 e. The maximum Gasteiger partial charge on any atom is -0.0346 e. The van der Waals surface area contributed by atoms with Crippen LogP contribution in [-0.4, -0.2) is 0 Å². The fourth-order valence-electron chi connectivity index (χ4n) is 0.770. The average molecular weight is 138 g/mol. The van der Waals surface area contributed by atoms with E-state index in [1.54, 1.807) is 0 Å². The summed E-state index contributed by atoms with van der Waals surface area (Å²) < 4.78 is 0.